The van der Waals surface area contributed by atoms with E-state index in [4.69, 9.17) is 4.74 Å². The molecule has 1 rings (SSSR count). The minimum absolute atomic E-state index is 0.0248. The number of hydrogen-bond acceptors (Lipinski definition) is 4. The number of ether oxygens (including phenoxy) is 2. The molecule has 0 aliphatic rings. The van der Waals surface area contributed by atoms with Crippen LogP contribution in [0.15, 0.2) is 18.2 Å². The van der Waals surface area contributed by atoms with Crippen LogP contribution in [-0.4, -0.2) is 37.5 Å². The van der Waals surface area contributed by atoms with Gasteiger partial charge in [0.05, 0.1) is 14.2 Å². The molecule has 0 aliphatic heterocycles. The maximum atomic E-state index is 13.6. The van der Waals surface area contributed by atoms with E-state index in [1.165, 1.54) is 26.4 Å². The van der Waals surface area contributed by atoms with Crippen molar-refractivity contribution in [3.8, 4) is 5.75 Å². The predicted octanol–water partition coefficient (Wildman–Crippen LogP) is 1.50. The fourth-order valence-corrected chi connectivity index (χ4v) is 1.73. The summed E-state index contributed by atoms with van der Waals surface area (Å²) >= 11 is 3.04. The molecule has 0 aliphatic carbocycles. The van der Waals surface area contributed by atoms with Crippen LogP contribution in [0.4, 0.5) is 4.39 Å². The van der Waals surface area contributed by atoms with Crippen LogP contribution >= 0.6 is 15.9 Å². The summed E-state index contributed by atoms with van der Waals surface area (Å²) in [6, 6.07) is 4.07. The lowest BCUT2D eigenvalue weighted by molar-refractivity contribution is -0.139. The molecule has 1 aromatic rings. The Morgan fingerprint density at radius 3 is 2.68 bits per heavy atom. The standard InChI is InChI=1S/C12H13BrFNO4/c1-18-9-5-3-4-8(14)10(9)11(16)15-6-7(13)12(17)19-2/h3-5,7H,6H2,1-2H3,(H,15,16). The van der Waals surface area contributed by atoms with E-state index in [-0.39, 0.29) is 17.9 Å². The van der Waals surface area contributed by atoms with Crippen molar-refractivity contribution in [3.63, 3.8) is 0 Å². The highest BCUT2D eigenvalue weighted by molar-refractivity contribution is 9.10. The molecule has 0 bridgehead atoms. The number of rotatable bonds is 5. The molecular formula is C12H13BrFNO4. The smallest absolute Gasteiger partial charge is 0.321 e. The number of halogens is 2. The fourth-order valence-electron chi connectivity index (χ4n) is 1.38. The van der Waals surface area contributed by atoms with Gasteiger partial charge in [-0.3, -0.25) is 9.59 Å². The van der Waals surface area contributed by atoms with Crippen molar-refractivity contribution in [2.45, 2.75) is 4.83 Å². The van der Waals surface area contributed by atoms with Gasteiger partial charge in [-0.15, -0.1) is 0 Å². The molecule has 19 heavy (non-hydrogen) atoms. The Morgan fingerprint density at radius 2 is 2.11 bits per heavy atom. The molecule has 0 fully saturated rings. The van der Waals surface area contributed by atoms with E-state index < -0.39 is 22.5 Å². The summed E-state index contributed by atoms with van der Waals surface area (Å²) in [6.45, 7) is -0.0248. The minimum Gasteiger partial charge on any atom is -0.496 e. The molecule has 1 N–H and O–H groups in total. The molecule has 1 unspecified atom stereocenters. The molecule has 1 aromatic carbocycles. The van der Waals surface area contributed by atoms with Gasteiger partial charge in [-0.25, -0.2) is 4.39 Å². The van der Waals surface area contributed by atoms with Gasteiger partial charge in [0, 0.05) is 6.54 Å². The van der Waals surface area contributed by atoms with Crippen LogP contribution < -0.4 is 10.1 Å². The second-order valence-corrected chi connectivity index (χ2v) is 4.62. The summed E-state index contributed by atoms with van der Waals surface area (Å²) in [5.41, 5.74) is -0.199. The average Bonchev–Trinajstić information content (AvgIpc) is 2.42. The zero-order chi connectivity index (χ0) is 14.4. The zero-order valence-electron chi connectivity index (χ0n) is 10.4. The van der Waals surface area contributed by atoms with Crippen molar-refractivity contribution in [1.82, 2.24) is 5.32 Å². The number of benzene rings is 1. The third-order valence-electron chi connectivity index (χ3n) is 2.32. The van der Waals surface area contributed by atoms with Crippen molar-refractivity contribution in [3.05, 3.63) is 29.6 Å². The number of nitrogens with one attached hydrogen (secondary N) is 1. The van der Waals surface area contributed by atoms with Crippen LogP contribution in [-0.2, 0) is 9.53 Å². The van der Waals surface area contributed by atoms with Crippen molar-refractivity contribution in [2.24, 2.45) is 0 Å². The predicted molar refractivity (Wildman–Crippen MR) is 70.0 cm³/mol. The summed E-state index contributed by atoms with van der Waals surface area (Å²) in [5, 5.41) is 2.42. The molecule has 5 nitrogen and oxygen atoms in total. The lowest BCUT2D eigenvalue weighted by Gasteiger charge is -2.12. The Kier molecular flexibility index (Phi) is 5.75. The van der Waals surface area contributed by atoms with E-state index in [1.54, 1.807) is 0 Å². The average molecular weight is 334 g/mol. The lowest BCUT2D eigenvalue weighted by atomic mass is 10.1. The molecule has 0 saturated heterocycles. The third kappa shape index (κ3) is 3.92. The Labute approximate surface area is 118 Å². The van der Waals surface area contributed by atoms with Gasteiger partial charge in [0.15, 0.2) is 0 Å². The zero-order valence-corrected chi connectivity index (χ0v) is 12.0. The fraction of sp³-hybridized carbons (Fsp3) is 0.333. The monoisotopic (exact) mass is 333 g/mol. The summed E-state index contributed by atoms with van der Waals surface area (Å²) in [7, 11) is 2.58. The molecule has 1 amide bonds. The highest BCUT2D eigenvalue weighted by atomic mass is 79.9. The number of hydrogen-bond donors (Lipinski definition) is 1. The second-order valence-electron chi connectivity index (χ2n) is 3.52. The van der Waals surface area contributed by atoms with Crippen molar-refractivity contribution < 1.29 is 23.5 Å². The van der Waals surface area contributed by atoms with Gasteiger partial charge in [0.1, 0.15) is 22.0 Å². The normalized spacial score (nSPS) is 11.6. The molecule has 0 radical (unpaired) electrons. The van der Waals surface area contributed by atoms with E-state index in [9.17, 15) is 14.0 Å². The second kappa shape index (κ2) is 7.08. The van der Waals surface area contributed by atoms with E-state index in [0.717, 1.165) is 6.07 Å². The van der Waals surface area contributed by atoms with Crippen LogP contribution in [0.25, 0.3) is 0 Å². The number of carbonyl (C=O) groups is 2. The van der Waals surface area contributed by atoms with Gasteiger partial charge in [-0.05, 0) is 12.1 Å². The number of methoxy groups -OCH3 is 2. The van der Waals surface area contributed by atoms with Crippen LogP contribution in [0.5, 0.6) is 5.75 Å². The van der Waals surface area contributed by atoms with E-state index in [1.807, 2.05) is 0 Å². The van der Waals surface area contributed by atoms with E-state index in [2.05, 4.69) is 26.0 Å². The Bertz CT molecular complexity index is 481. The van der Waals surface area contributed by atoms with Crippen LogP contribution in [0.1, 0.15) is 10.4 Å². The van der Waals surface area contributed by atoms with Gasteiger partial charge in [-0.2, -0.15) is 0 Å². The molecular weight excluding hydrogens is 321 g/mol. The first-order valence-electron chi connectivity index (χ1n) is 5.33. The quantitative estimate of drug-likeness (QED) is 0.655. The van der Waals surface area contributed by atoms with E-state index >= 15 is 0 Å². The number of amides is 1. The Morgan fingerprint density at radius 1 is 1.42 bits per heavy atom. The van der Waals surface area contributed by atoms with Crippen molar-refractivity contribution >= 4 is 27.8 Å². The Balaban J connectivity index is 2.76. The van der Waals surface area contributed by atoms with Crippen LogP contribution in [0, 0.1) is 5.82 Å². The molecule has 1 atom stereocenters. The molecule has 0 heterocycles. The lowest BCUT2D eigenvalue weighted by Crippen LogP contribution is -2.34. The van der Waals surface area contributed by atoms with Gasteiger partial charge in [-0.1, -0.05) is 22.0 Å². The van der Waals surface area contributed by atoms with Gasteiger partial charge < -0.3 is 14.8 Å². The molecule has 104 valence electrons. The maximum Gasteiger partial charge on any atom is 0.321 e. The number of alkyl halides is 1. The first-order valence-corrected chi connectivity index (χ1v) is 6.25. The highest BCUT2D eigenvalue weighted by Crippen LogP contribution is 2.20. The largest absolute Gasteiger partial charge is 0.496 e. The van der Waals surface area contributed by atoms with Crippen molar-refractivity contribution in [1.29, 1.82) is 0 Å². The molecule has 0 saturated carbocycles. The summed E-state index contributed by atoms with van der Waals surface area (Å²) in [6.07, 6.45) is 0. The third-order valence-corrected chi connectivity index (χ3v) is 3.02. The first-order chi connectivity index (χ1) is 9.01. The minimum atomic E-state index is -0.695. The van der Waals surface area contributed by atoms with Gasteiger partial charge in [0.2, 0.25) is 0 Å². The molecule has 0 spiro atoms. The van der Waals surface area contributed by atoms with Gasteiger partial charge in [0.25, 0.3) is 5.91 Å². The van der Waals surface area contributed by atoms with Crippen LogP contribution in [0.2, 0.25) is 0 Å². The highest BCUT2D eigenvalue weighted by Gasteiger charge is 2.20. The molecule has 0 aromatic heterocycles. The first kappa shape index (κ1) is 15.4. The number of carbonyl (C=O) groups excluding carboxylic acids is 2. The summed E-state index contributed by atoms with van der Waals surface area (Å²) < 4.78 is 23.0. The SMILES string of the molecule is COC(=O)C(Br)CNC(=O)c1c(F)cccc1OC. The Hall–Kier alpha value is -1.63. The summed E-state index contributed by atoms with van der Waals surface area (Å²) in [5.74, 6) is -1.76. The van der Waals surface area contributed by atoms with Crippen LogP contribution in [0.3, 0.4) is 0 Å². The maximum absolute atomic E-state index is 13.6. The van der Waals surface area contributed by atoms with Gasteiger partial charge >= 0.3 is 5.97 Å². The summed E-state index contributed by atoms with van der Waals surface area (Å²) in [4.78, 5) is 22.3. The topological polar surface area (TPSA) is 64.6 Å². The number of esters is 1. The van der Waals surface area contributed by atoms with E-state index in [0.29, 0.717) is 0 Å². The van der Waals surface area contributed by atoms with Crippen molar-refractivity contribution in [2.75, 3.05) is 20.8 Å². The molecule has 7 heteroatoms.